The summed E-state index contributed by atoms with van der Waals surface area (Å²) in [6.07, 6.45) is 9.10. The Kier molecular flexibility index (Phi) is 10.7. The van der Waals surface area contributed by atoms with Gasteiger partial charge in [0, 0.05) is 19.5 Å². The molecule has 0 radical (unpaired) electrons. The number of carbonyl (C=O) groups is 1. The summed E-state index contributed by atoms with van der Waals surface area (Å²) in [6.45, 7) is 4.65. The third-order valence-corrected chi connectivity index (χ3v) is 6.07. The highest BCUT2D eigenvalue weighted by Gasteiger charge is 2.32. The lowest BCUT2D eigenvalue weighted by Gasteiger charge is -2.35. The summed E-state index contributed by atoms with van der Waals surface area (Å²) in [7, 11) is 0. The third-order valence-electron chi connectivity index (χ3n) is 6.07. The van der Waals surface area contributed by atoms with Crippen LogP contribution in [0.3, 0.4) is 0 Å². The first-order valence-electron chi connectivity index (χ1n) is 9.97. The van der Waals surface area contributed by atoms with Gasteiger partial charge >= 0.3 is 0 Å². The number of carbonyl (C=O) groups excluding carboxylic acids is 1. The van der Waals surface area contributed by atoms with Crippen molar-refractivity contribution in [3.63, 3.8) is 0 Å². The number of hydrogen-bond donors (Lipinski definition) is 2. The van der Waals surface area contributed by atoms with Gasteiger partial charge in [0.05, 0.1) is 0 Å². The summed E-state index contributed by atoms with van der Waals surface area (Å²) in [5.74, 6) is 0.156. The van der Waals surface area contributed by atoms with Gasteiger partial charge in [-0.3, -0.25) is 9.69 Å². The lowest BCUT2D eigenvalue weighted by molar-refractivity contribution is -0.124. The molecule has 1 saturated carbocycles. The summed E-state index contributed by atoms with van der Waals surface area (Å²) >= 11 is 0. The van der Waals surface area contributed by atoms with Crippen molar-refractivity contribution in [1.82, 2.24) is 10.2 Å². The smallest absolute Gasteiger partial charge is 0.220 e. The Bertz CT molecular complexity index is 570. The van der Waals surface area contributed by atoms with Gasteiger partial charge in [-0.15, -0.1) is 24.8 Å². The van der Waals surface area contributed by atoms with Crippen molar-refractivity contribution in [3.8, 4) is 0 Å². The number of hydrogen-bond acceptors (Lipinski definition) is 3. The molecule has 0 bridgehead atoms. The molecule has 1 aromatic carbocycles. The maximum Gasteiger partial charge on any atom is 0.220 e. The fraction of sp³-hybridized carbons (Fsp3) is 0.667. The standard InChI is InChI=1S/C21H33N3O.2ClH/c22-17-21(10-4-1-5-11-21)14-20(25)23-15-18-8-2-3-9-19(18)16-24-12-6-7-13-24;;/h2-3,8-9H,1,4-7,10-17,22H2,(H,23,25);2*1H. The van der Waals surface area contributed by atoms with E-state index in [0.29, 0.717) is 19.5 Å². The highest BCUT2D eigenvalue weighted by Crippen LogP contribution is 2.38. The van der Waals surface area contributed by atoms with E-state index in [1.807, 2.05) is 0 Å². The first-order chi connectivity index (χ1) is 12.2. The summed E-state index contributed by atoms with van der Waals surface area (Å²) in [5.41, 5.74) is 8.65. The van der Waals surface area contributed by atoms with E-state index < -0.39 is 0 Å². The van der Waals surface area contributed by atoms with E-state index in [4.69, 9.17) is 5.73 Å². The molecule has 27 heavy (non-hydrogen) atoms. The Morgan fingerprint density at radius 2 is 1.63 bits per heavy atom. The average Bonchev–Trinajstić information content (AvgIpc) is 3.15. The molecule has 0 atom stereocenters. The second kappa shape index (κ2) is 11.9. The molecule has 0 spiro atoms. The van der Waals surface area contributed by atoms with E-state index in [2.05, 4.69) is 34.5 Å². The molecule has 6 heteroatoms. The zero-order valence-electron chi connectivity index (χ0n) is 16.3. The lowest BCUT2D eigenvalue weighted by Crippen LogP contribution is -2.38. The molecular weight excluding hydrogens is 381 g/mol. The molecule has 1 aliphatic heterocycles. The highest BCUT2D eigenvalue weighted by molar-refractivity contribution is 5.85. The Morgan fingerprint density at radius 1 is 1.00 bits per heavy atom. The molecular formula is C21H35Cl2N3O. The Labute approximate surface area is 176 Å². The van der Waals surface area contributed by atoms with Crippen molar-refractivity contribution < 1.29 is 4.79 Å². The topological polar surface area (TPSA) is 58.4 Å². The molecule has 1 aromatic rings. The fourth-order valence-electron chi connectivity index (χ4n) is 4.42. The lowest BCUT2D eigenvalue weighted by atomic mass is 9.71. The summed E-state index contributed by atoms with van der Waals surface area (Å²) in [6, 6.07) is 8.51. The number of halogens is 2. The molecule has 2 fully saturated rings. The van der Waals surface area contributed by atoms with Gasteiger partial charge in [-0.1, -0.05) is 43.5 Å². The maximum absolute atomic E-state index is 12.5. The van der Waals surface area contributed by atoms with Crippen LogP contribution in [0.1, 0.15) is 62.5 Å². The quantitative estimate of drug-likeness (QED) is 0.705. The Balaban J connectivity index is 0.00000182. The number of amides is 1. The Hall–Kier alpha value is -0.810. The zero-order chi connectivity index (χ0) is 17.5. The molecule has 0 unspecified atom stereocenters. The van der Waals surface area contributed by atoms with Crippen LogP contribution < -0.4 is 11.1 Å². The third kappa shape index (κ3) is 6.94. The first-order valence-corrected chi connectivity index (χ1v) is 9.97. The van der Waals surface area contributed by atoms with Gasteiger partial charge in [0.1, 0.15) is 0 Å². The molecule has 1 amide bonds. The summed E-state index contributed by atoms with van der Waals surface area (Å²) in [4.78, 5) is 15.0. The number of likely N-dealkylation sites (tertiary alicyclic amines) is 1. The van der Waals surface area contributed by atoms with Gasteiger partial charge in [0.2, 0.25) is 5.91 Å². The average molecular weight is 416 g/mol. The largest absolute Gasteiger partial charge is 0.352 e. The van der Waals surface area contributed by atoms with Gasteiger partial charge in [0.25, 0.3) is 0 Å². The number of benzene rings is 1. The molecule has 3 rings (SSSR count). The molecule has 3 N–H and O–H groups in total. The van der Waals surface area contributed by atoms with Crippen LogP contribution in [0.4, 0.5) is 0 Å². The van der Waals surface area contributed by atoms with Gasteiger partial charge in [0.15, 0.2) is 0 Å². The van der Waals surface area contributed by atoms with Crippen LogP contribution >= 0.6 is 24.8 Å². The van der Waals surface area contributed by atoms with Gasteiger partial charge < -0.3 is 11.1 Å². The van der Waals surface area contributed by atoms with Crippen molar-refractivity contribution in [2.24, 2.45) is 11.1 Å². The molecule has 0 aromatic heterocycles. The van der Waals surface area contributed by atoms with Crippen LogP contribution in [-0.2, 0) is 17.9 Å². The number of rotatable bonds is 7. The van der Waals surface area contributed by atoms with Gasteiger partial charge in [-0.25, -0.2) is 0 Å². The molecule has 4 nitrogen and oxygen atoms in total. The minimum atomic E-state index is 0. The van der Waals surface area contributed by atoms with E-state index >= 15 is 0 Å². The van der Waals surface area contributed by atoms with E-state index in [1.165, 1.54) is 56.3 Å². The van der Waals surface area contributed by atoms with E-state index in [-0.39, 0.29) is 36.1 Å². The van der Waals surface area contributed by atoms with Gasteiger partial charge in [-0.2, -0.15) is 0 Å². The minimum Gasteiger partial charge on any atom is -0.352 e. The maximum atomic E-state index is 12.5. The van der Waals surface area contributed by atoms with Crippen LogP contribution in [0.5, 0.6) is 0 Å². The monoisotopic (exact) mass is 415 g/mol. The normalized spacial score (nSPS) is 19.0. The zero-order valence-corrected chi connectivity index (χ0v) is 17.9. The van der Waals surface area contributed by atoms with Crippen molar-refractivity contribution in [1.29, 1.82) is 0 Å². The fourth-order valence-corrected chi connectivity index (χ4v) is 4.42. The molecule has 1 saturated heterocycles. The van der Waals surface area contributed by atoms with Crippen molar-refractivity contribution in [3.05, 3.63) is 35.4 Å². The van der Waals surface area contributed by atoms with Crippen molar-refractivity contribution in [2.75, 3.05) is 19.6 Å². The second-order valence-corrected chi connectivity index (χ2v) is 7.97. The van der Waals surface area contributed by atoms with E-state index in [1.54, 1.807) is 0 Å². The van der Waals surface area contributed by atoms with Crippen LogP contribution in [0.15, 0.2) is 24.3 Å². The molecule has 2 aliphatic rings. The predicted molar refractivity (Wildman–Crippen MR) is 116 cm³/mol. The van der Waals surface area contributed by atoms with E-state index in [9.17, 15) is 4.79 Å². The Morgan fingerprint density at radius 3 is 2.26 bits per heavy atom. The summed E-state index contributed by atoms with van der Waals surface area (Å²) in [5, 5.41) is 3.16. The highest BCUT2D eigenvalue weighted by atomic mass is 35.5. The van der Waals surface area contributed by atoms with Crippen LogP contribution in [0.25, 0.3) is 0 Å². The van der Waals surface area contributed by atoms with Crippen LogP contribution in [0, 0.1) is 5.41 Å². The number of nitrogens with zero attached hydrogens (tertiary/aromatic N) is 1. The SMILES string of the molecule is Cl.Cl.NCC1(CC(=O)NCc2ccccc2CN2CCCC2)CCCCC1. The van der Waals surface area contributed by atoms with Crippen molar-refractivity contribution in [2.45, 2.75) is 64.5 Å². The molecule has 1 heterocycles. The summed E-state index contributed by atoms with van der Waals surface area (Å²) < 4.78 is 0. The number of nitrogens with one attached hydrogen (secondary N) is 1. The predicted octanol–water partition coefficient (Wildman–Crippen LogP) is 4.04. The van der Waals surface area contributed by atoms with Crippen molar-refractivity contribution >= 4 is 30.7 Å². The first kappa shape index (κ1) is 24.2. The minimum absolute atomic E-state index is 0. The van der Waals surface area contributed by atoms with Crippen LogP contribution in [0.2, 0.25) is 0 Å². The van der Waals surface area contributed by atoms with Gasteiger partial charge in [-0.05, 0) is 61.9 Å². The molecule has 1 aliphatic carbocycles. The van der Waals surface area contributed by atoms with Crippen LogP contribution in [-0.4, -0.2) is 30.4 Å². The van der Waals surface area contributed by atoms with E-state index in [0.717, 1.165) is 19.4 Å². The molecule has 154 valence electrons. The number of nitrogens with two attached hydrogens (primary N) is 1. The second-order valence-electron chi connectivity index (χ2n) is 7.97.